The first-order chi connectivity index (χ1) is 14.6. The molecule has 148 valence electrons. The van der Waals surface area contributed by atoms with Crippen LogP contribution in [0.4, 0.5) is 5.69 Å². The summed E-state index contributed by atoms with van der Waals surface area (Å²) in [5.41, 5.74) is 4.34. The third-order valence-electron chi connectivity index (χ3n) is 4.44. The number of anilines is 1. The fourth-order valence-corrected chi connectivity index (χ4v) is 2.91. The van der Waals surface area contributed by atoms with Crippen molar-refractivity contribution in [3.05, 3.63) is 101 Å². The van der Waals surface area contributed by atoms with Gasteiger partial charge in [-0.1, -0.05) is 41.4 Å². The van der Waals surface area contributed by atoms with Crippen molar-refractivity contribution in [2.75, 3.05) is 5.32 Å². The minimum Gasteiger partial charge on any atom is -0.424 e. The van der Waals surface area contributed by atoms with E-state index >= 15 is 0 Å². The molecule has 0 atom stereocenters. The van der Waals surface area contributed by atoms with Gasteiger partial charge in [0.15, 0.2) is 0 Å². The molecule has 4 aromatic rings. The van der Waals surface area contributed by atoms with Crippen LogP contribution in [-0.4, -0.2) is 15.9 Å². The van der Waals surface area contributed by atoms with Crippen LogP contribution in [-0.2, 0) is 0 Å². The lowest BCUT2D eigenvalue weighted by Gasteiger charge is -2.07. The fourth-order valence-electron chi connectivity index (χ4n) is 2.78. The van der Waals surface area contributed by atoms with Gasteiger partial charge in [-0.15, -0.1) is 0 Å². The Kier molecular flexibility index (Phi) is 5.72. The molecule has 0 aliphatic carbocycles. The third kappa shape index (κ3) is 4.82. The molecule has 0 saturated heterocycles. The molecule has 0 spiro atoms. The van der Waals surface area contributed by atoms with Gasteiger partial charge in [0, 0.05) is 34.2 Å². The van der Waals surface area contributed by atoms with Crippen LogP contribution >= 0.6 is 11.6 Å². The van der Waals surface area contributed by atoms with Gasteiger partial charge in [0.2, 0.25) is 0 Å². The maximum absolute atomic E-state index is 12.4. The first-order valence-corrected chi connectivity index (χ1v) is 9.68. The molecular weight excluding hydrogens is 398 g/mol. The number of nitrogens with zero attached hydrogens (tertiary/aromatic N) is 2. The predicted molar refractivity (Wildman–Crippen MR) is 118 cm³/mol. The molecule has 0 saturated carbocycles. The van der Waals surface area contributed by atoms with E-state index in [-0.39, 0.29) is 11.9 Å². The number of hydrogen-bond donors (Lipinski definition) is 1. The lowest BCUT2D eigenvalue weighted by Crippen LogP contribution is -2.11. The molecule has 30 heavy (non-hydrogen) atoms. The highest BCUT2D eigenvalue weighted by molar-refractivity contribution is 6.30. The number of hydrogen-bond acceptors (Lipinski definition) is 4. The van der Waals surface area contributed by atoms with Crippen molar-refractivity contribution in [3.63, 3.8) is 0 Å². The SMILES string of the molecule is Cc1ccc(-c2cnc(Oc3ccc(C(=O)Nc4ccc(Cl)cc4)cc3)nc2)cc1. The Hall–Kier alpha value is -3.70. The Morgan fingerprint density at radius 1 is 0.833 bits per heavy atom. The van der Waals surface area contributed by atoms with Crippen LogP contribution < -0.4 is 10.1 Å². The van der Waals surface area contributed by atoms with Gasteiger partial charge in [-0.3, -0.25) is 4.79 Å². The van der Waals surface area contributed by atoms with Crippen LogP contribution in [0.2, 0.25) is 5.02 Å². The molecule has 1 heterocycles. The highest BCUT2D eigenvalue weighted by Crippen LogP contribution is 2.22. The maximum atomic E-state index is 12.4. The summed E-state index contributed by atoms with van der Waals surface area (Å²) in [4.78, 5) is 20.9. The first kappa shape index (κ1) is 19.6. The van der Waals surface area contributed by atoms with Crippen LogP contribution in [0.3, 0.4) is 0 Å². The molecule has 0 unspecified atom stereocenters. The van der Waals surface area contributed by atoms with E-state index in [4.69, 9.17) is 16.3 Å². The Bertz CT molecular complexity index is 1140. The van der Waals surface area contributed by atoms with E-state index in [1.807, 2.05) is 31.2 Å². The monoisotopic (exact) mass is 415 g/mol. The summed E-state index contributed by atoms with van der Waals surface area (Å²) in [6.07, 6.45) is 3.45. The van der Waals surface area contributed by atoms with Crippen LogP contribution in [0.15, 0.2) is 85.2 Å². The van der Waals surface area contributed by atoms with Gasteiger partial charge in [0.25, 0.3) is 5.91 Å². The van der Waals surface area contributed by atoms with E-state index in [1.54, 1.807) is 60.9 Å². The van der Waals surface area contributed by atoms with Gasteiger partial charge in [-0.2, -0.15) is 0 Å². The normalized spacial score (nSPS) is 10.5. The molecule has 0 bridgehead atoms. The lowest BCUT2D eigenvalue weighted by molar-refractivity contribution is 0.102. The average Bonchev–Trinajstić information content (AvgIpc) is 2.77. The number of amides is 1. The number of halogens is 1. The largest absolute Gasteiger partial charge is 0.424 e. The molecule has 1 aromatic heterocycles. The zero-order chi connectivity index (χ0) is 20.9. The van der Waals surface area contributed by atoms with Crippen molar-refractivity contribution in [2.45, 2.75) is 6.92 Å². The van der Waals surface area contributed by atoms with Crippen molar-refractivity contribution in [1.29, 1.82) is 0 Å². The smallest absolute Gasteiger partial charge is 0.321 e. The standard InChI is InChI=1S/C24H18ClN3O2/c1-16-2-4-17(5-3-16)19-14-26-24(27-15-19)30-22-12-6-18(7-13-22)23(29)28-21-10-8-20(25)9-11-21/h2-15H,1H3,(H,28,29). The first-order valence-electron chi connectivity index (χ1n) is 9.31. The molecule has 1 N–H and O–H groups in total. The zero-order valence-electron chi connectivity index (χ0n) is 16.2. The number of nitrogens with one attached hydrogen (secondary N) is 1. The Morgan fingerprint density at radius 2 is 1.47 bits per heavy atom. The molecule has 5 nitrogen and oxygen atoms in total. The van der Waals surface area contributed by atoms with Gasteiger partial charge in [0.1, 0.15) is 5.75 Å². The summed E-state index contributed by atoms with van der Waals surface area (Å²) in [5, 5.41) is 3.43. The van der Waals surface area contributed by atoms with Crippen molar-refractivity contribution < 1.29 is 9.53 Å². The Balaban J connectivity index is 1.40. The number of carbonyl (C=O) groups excluding carboxylic acids is 1. The summed E-state index contributed by atoms with van der Waals surface area (Å²) in [6, 6.07) is 22.1. The highest BCUT2D eigenvalue weighted by Gasteiger charge is 2.08. The molecule has 0 fully saturated rings. The predicted octanol–water partition coefficient (Wildman–Crippen LogP) is 6.15. The fraction of sp³-hybridized carbons (Fsp3) is 0.0417. The molecule has 0 aliphatic heterocycles. The van der Waals surface area contributed by atoms with E-state index in [0.717, 1.165) is 11.1 Å². The molecule has 3 aromatic carbocycles. The quantitative estimate of drug-likeness (QED) is 0.424. The molecule has 1 amide bonds. The van der Waals surface area contributed by atoms with Crippen molar-refractivity contribution in [3.8, 4) is 22.9 Å². The van der Waals surface area contributed by atoms with E-state index in [9.17, 15) is 4.79 Å². The minimum atomic E-state index is -0.220. The number of benzene rings is 3. The number of aromatic nitrogens is 2. The maximum Gasteiger partial charge on any atom is 0.321 e. The van der Waals surface area contributed by atoms with Crippen LogP contribution in [0, 0.1) is 6.92 Å². The Morgan fingerprint density at radius 3 is 2.10 bits per heavy atom. The van der Waals surface area contributed by atoms with E-state index in [0.29, 0.717) is 22.0 Å². The summed E-state index contributed by atoms with van der Waals surface area (Å²) in [5.74, 6) is 0.323. The molecular formula is C24H18ClN3O2. The average molecular weight is 416 g/mol. The van der Waals surface area contributed by atoms with Gasteiger partial charge in [-0.05, 0) is 61.0 Å². The summed E-state index contributed by atoms with van der Waals surface area (Å²) >= 11 is 5.86. The minimum absolute atomic E-state index is 0.220. The number of rotatable bonds is 5. The van der Waals surface area contributed by atoms with Crippen molar-refractivity contribution in [2.24, 2.45) is 0 Å². The highest BCUT2D eigenvalue weighted by atomic mass is 35.5. The molecule has 0 radical (unpaired) electrons. The topological polar surface area (TPSA) is 64.1 Å². The van der Waals surface area contributed by atoms with Gasteiger partial charge < -0.3 is 10.1 Å². The van der Waals surface area contributed by atoms with Crippen molar-refractivity contribution >= 4 is 23.2 Å². The van der Waals surface area contributed by atoms with Gasteiger partial charge in [-0.25, -0.2) is 9.97 Å². The summed E-state index contributed by atoms with van der Waals surface area (Å²) in [6.45, 7) is 2.05. The molecule has 4 rings (SSSR count). The second kappa shape index (κ2) is 8.76. The zero-order valence-corrected chi connectivity index (χ0v) is 16.9. The molecule has 6 heteroatoms. The second-order valence-corrected chi connectivity index (χ2v) is 7.14. The summed E-state index contributed by atoms with van der Waals surface area (Å²) in [7, 11) is 0. The second-order valence-electron chi connectivity index (χ2n) is 6.71. The van der Waals surface area contributed by atoms with Crippen LogP contribution in [0.25, 0.3) is 11.1 Å². The van der Waals surface area contributed by atoms with Gasteiger partial charge >= 0.3 is 6.01 Å². The Labute approximate surface area is 179 Å². The van der Waals surface area contributed by atoms with Crippen LogP contribution in [0.5, 0.6) is 11.8 Å². The third-order valence-corrected chi connectivity index (χ3v) is 4.69. The van der Waals surface area contributed by atoms with Crippen LogP contribution in [0.1, 0.15) is 15.9 Å². The van der Waals surface area contributed by atoms with Crippen molar-refractivity contribution in [1.82, 2.24) is 9.97 Å². The van der Waals surface area contributed by atoms with E-state index < -0.39 is 0 Å². The number of aryl methyl sites for hydroxylation is 1. The summed E-state index contributed by atoms with van der Waals surface area (Å²) < 4.78 is 5.69. The lowest BCUT2D eigenvalue weighted by atomic mass is 10.1. The van der Waals surface area contributed by atoms with E-state index in [2.05, 4.69) is 15.3 Å². The number of ether oxygens (including phenoxy) is 1. The van der Waals surface area contributed by atoms with Gasteiger partial charge in [0.05, 0.1) is 0 Å². The van der Waals surface area contributed by atoms with E-state index in [1.165, 1.54) is 5.56 Å². The number of carbonyl (C=O) groups is 1. The molecule has 0 aliphatic rings.